The summed E-state index contributed by atoms with van der Waals surface area (Å²) in [5.41, 5.74) is 3.91. The van der Waals surface area contributed by atoms with Crippen molar-refractivity contribution in [2.24, 2.45) is 4.99 Å². The molecule has 0 atom stereocenters. The molecule has 1 saturated heterocycles. The van der Waals surface area contributed by atoms with Crippen molar-refractivity contribution in [1.29, 1.82) is 0 Å². The first kappa shape index (κ1) is 32.5. The average molecular weight is 565 g/mol. The molecule has 0 aliphatic carbocycles. The van der Waals surface area contributed by atoms with Gasteiger partial charge in [-0.2, -0.15) is 6.42 Å². The summed E-state index contributed by atoms with van der Waals surface area (Å²) < 4.78 is 4.82. The second-order valence-corrected chi connectivity index (χ2v) is 18.2. The molecule has 0 spiro atoms. The molecule has 0 radical (unpaired) electrons. The van der Waals surface area contributed by atoms with Crippen molar-refractivity contribution >= 4 is 44.1 Å². The number of hydrogen-bond acceptors (Lipinski definition) is 2. The second-order valence-electron chi connectivity index (χ2n) is 8.40. The molecule has 1 fully saturated rings. The van der Waals surface area contributed by atoms with E-state index in [0.29, 0.717) is 11.3 Å². The SMILES string of the molecule is CCCCCCN=C(N[PH+](C(C)C)C(C)C)c1ccc(C)cc1.[CH-]1CCCO1.[Cl][Cr+]([Cl])[Cl]. The van der Waals surface area contributed by atoms with Gasteiger partial charge in [0, 0.05) is 18.7 Å². The van der Waals surface area contributed by atoms with Gasteiger partial charge < -0.3 is 4.74 Å². The molecule has 2 rings (SSSR count). The Hall–Kier alpha value is 0.482. The number of amidine groups is 1. The Kier molecular flexibility index (Phi) is 21.1. The van der Waals surface area contributed by atoms with Crippen LogP contribution in [0.4, 0.5) is 0 Å². The van der Waals surface area contributed by atoms with Crippen LogP contribution in [0.3, 0.4) is 0 Å². The quantitative estimate of drug-likeness (QED) is 0.107. The summed E-state index contributed by atoms with van der Waals surface area (Å²) in [6.45, 7) is 17.4. The summed E-state index contributed by atoms with van der Waals surface area (Å²) >= 11 is -1.62. The van der Waals surface area contributed by atoms with Crippen molar-refractivity contribution in [3.8, 4) is 0 Å². The third-order valence-corrected chi connectivity index (χ3v) is 7.83. The molecule has 3 nitrogen and oxygen atoms in total. The number of unbranched alkanes of at least 4 members (excludes halogenated alkanes) is 3. The zero-order valence-electron chi connectivity index (χ0n) is 20.6. The van der Waals surface area contributed by atoms with Crippen LogP contribution in [0.2, 0.25) is 0 Å². The molecule has 0 aromatic heterocycles. The molecule has 8 heteroatoms. The molecule has 0 saturated carbocycles. The Morgan fingerprint density at radius 2 is 1.69 bits per heavy atom. The number of rotatable bonds is 9. The first-order valence-electron chi connectivity index (χ1n) is 11.6. The molecule has 0 amide bonds. The van der Waals surface area contributed by atoms with Gasteiger partial charge in [-0.1, -0.05) is 62.4 Å². The van der Waals surface area contributed by atoms with Crippen molar-refractivity contribution in [3.63, 3.8) is 0 Å². The standard InChI is InChI=1S/C20H35N2P.C4H7O.3ClH.Cr/c1-7-8-9-10-15-21-20(19-13-11-18(6)12-14-19)22-23(16(2)3)17(4)5;1-2-4-5-3-1;;;;/h11-14,16-17H,7-10,15H2,1-6H3,(H,21,22);3H,1-2,4H2;3*1H;/q;-1;;;;+4/p-2. The fraction of sp³-hybridized carbons (Fsp3) is 0.667. The van der Waals surface area contributed by atoms with Gasteiger partial charge in [0.05, 0.1) is 19.4 Å². The van der Waals surface area contributed by atoms with Crippen LogP contribution in [0.1, 0.15) is 84.3 Å². The predicted octanol–water partition coefficient (Wildman–Crippen LogP) is 8.88. The second kappa shape index (κ2) is 20.8. The molecule has 186 valence electrons. The number of aliphatic imine (C=N–C) groups is 1. The van der Waals surface area contributed by atoms with Crippen LogP contribution >= 0.6 is 38.2 Å². The molecule has 0 unspecified atom stereocenters. The van der Waals surface area contributed by atoms with Crippen LogP contribution < -0.4 is 5.09 Å². The Morgan fingerprint density at radius 3 is 2.09 bits per heavy atom. The predicted molar refractivity (Wildman–Crippen MR) is 145 cm³/mol. The summed E-state index contributed by atoms with van der Waals surface area (Å²) in [5.74, 6) is 1.11. The number of nitrogens with zero attached hydrogens (tertiary/aromatic N) is 1. The van der Waals surface area contributed by atoms with Gasteiger partial charge in [0.2, 0.25) is 0 Å². The molecule has 1 aliphatic heterocycles. The normalized spacial score (nSPS) is 13.8. The van der Waals surface area contributed by atoms with Crippen LogP contribution in [0.25, 0.3) is 0 Å². The van der Waals surface area contributed by atoms with Crippen LogP contribution in [0.15, 0.2) is 29.3 Å². The van der Waals surface area contributed by atoms with Gasteiger partial charge in [-0.25, -0.2) is 11.7 Å². The fourth-order valence-corrected chi connectivity index (χ4v) is 5.56. The molecule has 0 bridgehead atoms. The van der Waals surface area contributed by atoms with Crippen LogP contribution in [0.5, 0.6) is 0 Å². The Labute approximate surface area is 215 Å². The van der Waals surface area contributed by atoms with E-state index >= 15 is 0 Å². The van der Waals surface area contributed by atoms with Crippen LogP contribution in [0, 0.1) is 13.5 Å². The maximum atomic E-state index is 4.93. The third-order valence-electron chi connectivity index (χ3n) is 4.82. The maximum absolute atomic E-state index is 4.93. The van der Waals surface area contributed by atoms with E-state index in [1.807, 2.05) is 6.61 Å². The van der Waals surface area contributed by atoms with Gasteiger partial charge in [-0.3, -0.25) is 4.99 Å². The molecule has 1 heterocycles. The van der Waals surface area contributed by atoms with Gasteiger partial charge in [-0.05, 0) is 41.0 Å². The van der Waals surface area contributed by atoms with E-state index in [4.69, 9.17) is 39.9 Å². The topological polar surface area (TPSA) is 33.6 Å². The Bertz CT molecular complexity index is 579. The van der Waals surface area contributed by atoms with Crippen LogP contribution in [-0.4, -0.2) is 30.3 Å². The van der Waals surface area contributed by atoms with Crippen molar-refractivity contribution in [3.05, 3.63) is 42.0 Å². The summed E-state index contributed by atoms with van der Waals surface area (Å²) in [6.07, 6.45) is 7.44. The summed E-state index contributed by atoms with van der Waals surface area (Å²) in [4.78, 5) is 4.93. The monoisotopic (exact) mass is 563 g/mol. The van der Waals surface area contributed by atoms with E-state index in [0.717, 1.165) is 25.4 Å². The average Bonchev–Trinajstić information content (AvgIpc) is 3.30. The first-order valence-corrected chi connectivity index (χ1v) is 18.5. The Morgan fingerprint density at radius 1 is 1.09 bits per heavy atom. The number of aryl methyl sites for hydroxylation is 1. The molecule has 32 heavy (non-hydrogen) atoms. The van der Waals surface area contributed by atoms with E-state index in [9.17, 15) is 0 Å². The molecular weight excluding hydrogens is 522 g/mol. The fourth-order valence-electron chi connectivity index (χ4n) is 3.15. The van der Waals surface area contributed by atoms with E-state index < -0.39 is 19.5 Å². The zero-order chi connectivity index (χ0) is 24.4. The molecule has 1 aromatic rings. The van der Waals surface area contributed by atoms with Crippen molar-refractivity contribution in [1.82, 2.24) is 5.09 Å². The molecule has 1 N–H and O–H groups in total. The number of nitrogens with one attached hydrogen (secondary N) is 1. The zero-order valence-corrected chi connectivity index (χ0v) is 25.1. The van der Waals surface area contributed by atoms with Gasteiger partial charge >= 0.3 is 41.5 Å². The van der Waals surface area contributed by atoms with Gasteiger partial charge in [0.25, 0.3) is 0 Å². The minimum atomic E-state index is -1.62. The third kappa shape index (κ3) is 17.9. The van der Waals surface area contributed by atoms with E-state index in [1.165, 1.54) is 43.2 Å². The van der Waals surface area contributed by atoms with Crippen molar-refractivity contribution in [2.45, 2.75) is 91.4 Å². The van der Waals surface area contributed by atoms with Gasteiger partial charge in [0.1, 0.15) is 0 Å². The van der Waals surface area contributed by atoms with E-state index in [1.54, 1.807) is 0 Å². The van der Waals surface area contributed by atoms with Crippen molar-refractivity contribution < 1.29 is 16.1 Å². The summed E-state index contributed by atoms with van der Waals surface area (Å²) in [6, 6.07) is 8.77. The summed E-state index contributed by atoms with van der Waals surface area (Å²) in [7, 11) is 14.1. The number of hydrogen-bond donors (Lipinski definition) is 1. The van der Waals surface area contributed by atoms with Crippen molar-refractivity contribution in [2.75, 3.05) is 13.2 Å². The van der Waals surface area contributed by atoms with Gasteiger partial charge in [0.15, 0.2) is 5.84 Å². The molecule has 1 aliphatic rings. The summed E-state index contributed by atoms with van der Waals surface area (Å²) in [5, 5.41) is 3.83. The molecular formula is C24H43Cl3CrN2OP+. The minimum absolute atomic E-state index is 0.662. The van der Waals surface area contributed by atoms with Gasteiger partial charge in [-0.15, -0.1) is 0 Å². The number of ether oxygens (including phenoxy) is 1. The van der Waals surface area contributed by atoms with E-state index in [-0.39, 0.29) is 0 Å². The molecule has 1 aromatic carbocycles. The Balaban J connectivity index is 0.000000883. The van der Waals surface area contributed by atoms with E-state index in [2.05, 4.69) is 70.9 Å². The first-order chi connectivity index (χ1) is 15.2. The van der Waals surface area contributed by atoms with Crippen LogP contribution in [-0.2, 0) is 16.1 Å². The number of benzene rings is 1. The number of halogens is 3.